The maximum atomic E-state index is 12.8. The summed E-state index contributed by atoms with van der Waals surface area (Å²) >= 11 is 0. The summed E-state index contributed by atoms with van der Waals surface area (Å²) in [5, 5.41) is 3.34. The van der Waals surface area contributed by atoms with Gasteiger partial charge in [-0.15, -0.1) is 0 Å². The zero-order valence-electron chi connectivity index (χ0n) is 11.9. The highest BCUT2D eigenvalue weighted by Crippen LogP contribution is 2.32. The third kappa shape index (κ3) is 3.08. The number of esters is 1. The molecule has 0 spiro atoms. The first-order valence-electron chi connectivity index (χ1n) is 7.34. The molecule has 0 aromatic heterocycles. The Morgan fingerprint density at radius 1 is 1.37 bits per heavy atom. The summed E-state index contributed by atoms with van der Waals surface area (Å²) in [4.78, 5) is 26.2. The molecule has 1 atom stereocenters. The van der Waals surface area contributed by atoms with Crippen LogP contribution < -0.4 is 5.32 Å². The van der Waals surface area contributed by atoms with E-state index in [9.17, 15) is 9.59 Å². The Balaban J connectivity index is 2.05. The van der Waals surface area contributed by atoms with Crippen molar-refractivity contribution in [3.05, 3.63) is 0 Å². The molecule has 2 aliphatic rings. The van der Waals surface area contributed by atoms with Gasteiger partial charge in [-0.3, -0.25) is 9.59 Å². The van der Waals surface area contributed by atoms with Crippen molar-refractivity contribution >= 4 is 11.9 Å². The van der Waals surface area contributed by atoms with Crippen LogP contribution in [0.25, 0.3) is 0 Å². The van der Waals surface area contributed by atoms with Crippen LogP contribution in [0.2, 0.25) is 0 Å². The van der Waals surface area contributed by atoms with E-state index in [2.05, 4.69) is 5.32 Å². The molecule has 1 saturated carbocycles. The van der Waals surface area contributed by atoms with Crippen LogP contribution in [-0.2, 0) is 14.3 Å². The molecule has 1 aliphatic carbocycles. The van der Waals surface area contributed by atoms with Gasteiger partial charge in [-0.2, -0.15) is 0 Å². The second kappa shape index (κ2) is 5.90. The van der Waals surface area contributed by atoms with E-state index in [1.165, 1.54) is 0 Å². The van der Waals surface area contributed by atoms with Gasteiger partial charge in [0, 0.05) is 6.04 Å². The van der Waals surface area contributed by atoms with Gasteiger partial charge in [0.05, 0.1) is 12.1 Å². The lowest BCUT2D eigenvalue weighted by molar-refractivity contribution is -0.151. The van der Waals surface area contributed by atoms with Crippen LogP contribution in [0.3, 0.4) is 0 Å². The van der Waals surface area contributed by atoms with Crippen molar-refractivity contribution in [3.63, 3.8) is 0 Å². The summed E-state index contributed by atoms with van der Waals surface area (Å²) in [6.45, 7) is 5.17. The SMILES string of the molecule is CCOC(=O)CN(C(=O)C1(CC)CCCN1)C1CC1. The van der Waals surface area contributed by atoms with Gasteiger partial charge in [-0.05, 0) is 45.6 Å². The first kappa shape index (κ1) is 14.3. The second-order valence-corrected chi connectivity index (χ2v) is 5.44. The highest BCUT2D eigenvalue weighted by Gasteiger charge is 2.46. The molecule has 108 valence electrons. The molecule has 1 amide bonds. The van der Waals surface area contributed by atoms with E-state index < -0.39 is 5.54 Å². The number of nitrogens with one attached hydrogen (secondary N) is 1. The maximum absolute atomic E-state index is 12.8. The van der Waals surface area contributed by atoms with Crippen LogP contribution in [0.5, 0.6) is 0 Å². The largest absolute Gasteiger partial charge is 0.465 e. The third-order valence-corrected chi connectivity index (χ3v) is 4.11. The molecule has 2 rings (SSSR count). The number of carbonyl (C=O) groups is 2. The second-order valence-electron chi connectivity index (χ2n) is 5.44. The van der Waals surface area contributed by atoms with E-state index in [-0.39, 0.29) is 24.5 Å². The molecular weight excluding hydrogens is 244 g/mol. The molecule has 1 saturated heterocycles. The predicted octanol–water partition coefficient (Wildman–Crippen LogP) is 1.07. The van der Waals surface area contributed by atoms with Crippen molar-refractivity contribution in [2.45, 2.75) is 57.5 Å². The Morgan fingerprint density at radius 2 is 2.11 bits per heavy atom. The smallest absolute Gasteiger partial charge is 0.325 e. The minimum absolute atomic E-state index is 0.0862. The van der Waals surface area contributed by atoms with Gasteiger partial charge in [0.25, 0.3) is 0 Å². The molecule has 0 aromatic carbocycles. The van der Waals surface area contributed by atoms with Crippen LogP contribution in [-0.4, -0.2) is 48.1 Å². The van der Waals surface area contributed by atoms with Crippen LogP contribution in [0.15, 0.2) is 0 Å². The number of hydrogen-bond donors (Lipinski definition) is 1. The van der Waals surface area contributed by atoms with E-state index in [4.69, 9.17) is 4.74 Å². The Kier molecular flexibility index (Phi) is 4.45. The van der Waals surface area contributed by atoms with Crippen LogP contribution in [0.1, 0.15) is 46.0 Å². The molecular formula is C14H24N2O3. The summed E-state index contributed by atoms with van der Waals surface area (Å²) in [5.74, 6) is -0.213. The minimum Gasteiger partial charge on any atom is -0.465 e. The lowest BCUT2D eigenvalue weighted by Gasteiger charge is -2.33. The first-order valence-corrected chi connectivity index (χ1v) is 7.34. The van der Waals surface area contributed by atoms with Gasteiger partial charge in [0.15, 0.2) is 0 Å². The normalized spacial score (nSPS) is 26.2. The zero-order valence-corrected chi connectivity index (χ0v) is 11.9. The summed E-state index contributed by atoms with van der Waals surface area (Å²) in [6, 6.07) is 0.239. The maximum Gasteiger partial charge on any atom is 0.325 e. The van der Waals surface area contributed by atoms with E-state index in [0.29, 0.717) is 6.61 Å². The summed E-state index contributed by atoms with van der Waals surface area (Å²) < 4.78 is 4.98. The van der Waals surface area contributed by atoms with Crippen molar-refractivity contribution in [1.29, 1.82) is 0 Å². The highest BCUT2D eigenvalue weighted by atomic mass is 16.5. The summed E-state index contributed by atoms with van der Waals surface area (Å²) in [5.41, 5.74) is -0.449. The monoisotopic (exact) mass is 268 g/mol. The molecule has 1 aliphatic heterocycles. The third-order valence-electron chi connectivity index (χ3n) is 4.11. The van der Waals surface area contributed by atoms with Gasteiger partial charge < -0.3 is 15.0 Å². The topological polar surface area (TPSA) is 58.6 Å². The molecule has 1 N–H and O–H groups in total. The fraction of sp³-hybridized carbons (Fsp3) is 0.857. The fourth-order valence-corrected chi connectivity index (χ4v) is 2.82. The molecule has 0 aromatic rings. The van der Waals surface area contributed by atoms with Crippen molar-refractivity contribution in [2.24, 2.45) is 0 Å². The minimum atomic E-state index is -0.449. The molecule has 19 heavy (non-hydrogen) atoms. The Morgan fingerprint density at radius 3 is 2.58 bits per heavy atom. The zero-order chi connectivity index (χ0) is 13.9. The number of ether oxygens (including phenoxy) is 1. The number of hydrogen-bond acceptors (Lipinski definition) is 4. The van der Waals surface area contributed by atoms with Gasteiger partial charge in [0.1, 0.15) is 6.54 Å². The van der Waals surface area contributed by atoms with Crippen molar-refractivity contribution < 1.29 is 14.3 Å². The van der Waals surface area contributed by atoms with Crippen molar-refractivity contribution in [2.75, 3.05) is 19.7 Å². The molecule has 0 radical (unpaired) electrons. The molecule has 0 bridgehead atoms. The summed E-state index contributed by atoms with van der Waals surface area (Å²) in [6.07, 6.45) is 4.68. The van der Waals surface area contributed by atoms with E-state index in [0.717, 1.165) is 38.6 Å². The van der Waals surface area contributed by atoms with E-state index in [1.54, 1.807) is 11.8 Å². The van der Waals surface area contributed by atoms with Gasteiger partial charge in [0.2, 0.25) is 5.91 Å². The molecule has 5 nitrogen and oxygen atoms in total. The van der Waals surface area contributed by atoms with Crippen LogP contribution in [0.4, 0.5) is 0 Å². The fourth-order valence-electron chi connectivity index (χ4n) is 2.82. The lowest BCUT2D eigenvalue weighted by Crippen LogP contribution is -2.56. The Labute approximate surface area is 114 Å². The van der Waals surface area contributed by atoms with E-state index >= 15 is 0 Å². The molecule has 2 fully saturated rings. The number of amides is 1. The van der Waals surface area contributed by atoms with E-state index in [1.807, 2.05) is 6.92 Å². The van der Waals surface area contributed by atoms with Gasteiger partial charge >= 0.3 is 5.97 Å². The van der Waals surface area contributed by atoms with Crippen molar-refractivity contribution in [3.8, 4) is 0 Å². The lowest BCUT2D eigenvalue weighted by atomic mass is 9.92. The average Bonchev–Trinajstić information content (AvgIpc) is 3.12. The standard InChI is InChI=1S/C14H24N2O3/c1-3-14(8-5-9-15-14)13(18)16(11-6-7-11)10-12(17)19-4-2/h11,15H,3-10H2,1-2H3. The number of rotatable bonds is 6. The summed E-state index contributed by atoms with van der Waals surface area (Å²) in [7, 11) is 0. The quantitative estimate of drug-likeness (QED) is 0.732. The highest BCUT2D eigenvalue weighted by molar-refractivity contribution is 5.90. The molecule has 1 unspecified atom stereocenters. The Bertz CT molecular complexity index is 347. The molecule has 1 heterocycles. The Hall–Kier alpha value is -1.10. The van der Waals surface area contributed by atoms with Gasteiger partial charge in [-0.1, -0.05) is 6.92 Å². The number of nitrogens with zero attached hydrogens (tertiary/aromatic N) is 1. The van der Waals surface area contributed by atoms with Gasteiger partial charge in [-0.25, -0.2) is 0 Å². The number of carbonyl (C=O) groups excluding carboxylic acids is 2. The van der Waals surface area contributed by atoms with Crippen LogP contribution in [0, 0.1) is 0 Å². The average molecular weight is 268 g/mol. The predicted molar refractivity (Wildman–Crippen MR) is 71.6 cm³/mol. The molecule has 5 heteroatoms. The first-order chi connectivity index (χ1) is 9.13. The van der Waals surface area contributed by atoms with Crippen LogP contribution >= 0.6 is 0 Å². The van der Waals surface area contributed by atoms with Crippen molar-refractivity contribution in [1.82, 2.24) is 10.2 Å².